The van der Waals surface area contributed by atoms with Gasteiger partial charge in [0, 0.05) is 74.3 Å². The van der Waals surface area contributed by atoms with E-state index < -0.39 is 5.23 Å². The number of quaternary nitrogens is 1. The number of carbonyl (C=O) groups excluding carboxylic acids is 1. The van der Waals surface area contributed by atoms with Gasteiger partial charge in [-0.3, -0.25) is 9.59 Å². The van der Waals surface area contributed by atoms with E-state index in [9.17, 15) is 20.0 Å². The summed E-state index contributed by atoms with van der Waals surface area (Å²) in [6.45, 7) is 4.51. The molecule has 214 valence electrons. The number of amides is 1. The number of pyridine rings is 1. The highest BCUT2D eigenvalue weighted by atomic mass is 16.8. The van der Waals surface area contributed by atoms with Gasteiger partial charge in [-0.1, -0.05) is 12.5 Å². The van der Waals surface area contributed by atoms with Crippen LogP contribution in [0, 0.1) is 23.0 Å². The predicted octanol–water partition coefficient (Wildman–Crippen LogP) is 2.14. The fraction of sp³-hybridized carbons (Fsp3) is 0.613. The monoisotopic (exact) mass is 547 g/mol. The Morgan fingerprint density at radius 1 is 1.12 bits per heavy atom. The van der Waals surface area contributed by atoms with Crippen molar-refractivity contribution in [3.05, 3.63) is 63.2 Å². The third-order valence-corrected chi connectivity index (χ3v) is 10.7. The Kier molecular flexibility index (Phi) is 6.73. The number of benzene rings is 1. The van der Waals surface area contributed by atoms with Crippen LogP contribution in [0.15, 0.2) is 41.2 Å². The lowest BCUT2D eigenvalue weighted by Crippen LogP contribution is -2.99. The van der Waals surface area contributed by atoms with E-state index in [-0.39, 0.29) is 40.9 Å². The molecule has 1 aromatic carbocycles. The van der Waals surface area contributed by atoms with Crippen molar-refractivity contribution in [1.82, 2.24) is 14.4 Å². The Morgan fingerprint density at radius 3 is 2.83 bits per heavy atom. The lowest BCUT2D eigenvalue weighted by Gasteiger charge is -2.54. The molecular weight excluding hydrogens is 506 g/mol. The largest absolute Gasteiger partial charge is 0.595 e. The predicted molar refractivity (Wildman–Crippen MR) is 152 cm³/mol. The van der Waals surface area contributed by atoms with E-state index in [0.717, 1.165) is 36.5 Å². The number of rotatable bonds is 4. The van der Waals surface area contributed by atoms with E-state index in [0.29, 0.717) is 24.9 Å². The molecule has 0 spiro atoms. The zero-order chi connectivity index (χ0) is 27.5. The van der Waals surface area contributed by atoms with E-state index in [4.69, 9.17) is 0 Å². The average Bonchev–Trinajstić information content (AvgIpc) is 2.96. The molecule has 1 amide bonds. The van der Waals surface area contributed by atoms with Crippen LogP contribution < -0.4 is 15.7 Å². The first-order valence-corrected chi connectivity index (χ1v) is 15.2. The molecule has 7 rings (SSSR count). The number of nitrogens with zero attached hydrogens (tertiary/aromatic N) is 4. The van der Waals surface area contributed by atoms with Crippen molar-refractivity contribution in [1.29, 1.82) is 0 Å². The number of hydrogen-bond acceptors (Lipinski definition) is 6. The maximum Gasteiger partial charge on any atom is 0.250 e. The minimum Gasteiger partial charge on any atom is -0.595 e. The molecule has 40 heavy (non-hydrogen) atoms. The molecule has 2 N–H and O–H groups in total. The highest BCUT2D eigenvalue weighted by molar-refractivity contribution is 5.82. The SMILES string of the molecule is CN(C[C@@H]1CCCN2CCCC[C@H]12)C(=O)[C@@H]1Cc2cc([NH+]([O-])O)ccc2N2CC3CC(Cn4c3cccc4=O)[C@@H]12. The number of nitrogens with one attached hydrogen (secondary N) is 1. The Morgan fingerprint density at radius 2 is 1.98 bits per heavy atom. The quantitative estimate of drug-likeness (QED) is 0.570. The van der Waals surface area contributed by atoms with E-state index >= 15 is 0 Å². The van der Waals surface area contributed by atoms with E-state index in [2.05, 4.69) is 15.9 Å². The molecule has 9 nitrogen and oxygen atoms in total. The number of piperidine rings is 3. The highest BCUT2D eigenvalue weighted by Gasteiger charge is 2.50. The van der Waals surface area contributed by atoms with Crippen LogP contribution >= 0.6 is 0 Å². The summed E-state index contributed by atoms with van der Waals surface area (Å²) in [7, 11) is 1.98. The van der Waals surface area contributed by atoms with Gasteiger partial charge in [-0.25, -0.2) is 5.21 Å². The molecule has 5 aliphatic heterocycles. The van der Waals surface area contributed by atoms with Gasteiger partial charge in [-0.05, 0) is 81.1 Å². The molecule has 3 unspecified atom stereocenters. The Bertz CT molecular complexity index is 1340. The molecule has 3 saturated heterocycles. The molecule has 7 atom stereocenters. The maximum atomic E-state index is 14.4. The van der Waals surface area contributed by atoms with E-state index in [1.54, 1.807) is 18.2 Å². The van der Waals surface area contributed by atoms with Gasteiger partial charge in [-0.15, -0.1) is 0 Å². The molecule has 9 heteroatoms. The number of aromatic nitrogens is 1. The first kappa shape index (κ1) is 26.2. The molecule has 6 heterocycles. The molecule has 0 radical (unpaired) electrons. The van der Waals surface area contributed by atoms with Gasteiger partial charge in [0.05, 0.1) is 5.92 Å². The van der Waals surface area contributed by atoms with Gasteiger partial charge < -0.3 is 24.5 Å². The zero-order valence-corrected chi connectivity index (χ0v) is 23.4. The first-order chi connectivity index (χ1) is 19.4. The third-order valence-electron chi connectivity index (χ3n) is 10.7. The van der Waals surface area contributed by atoms with Gasteiger partial charge >= 0.3 is 0 Å². The van der Waals surface area contributed by atoms with Gasteiger partial charge in [0.15, 0.2) is 5.69 Å². The minimum absolute atomic E-state index is 0.00725. The summed E-state index contributed by atoms with van der Waals surface area (Å²) in [5.74, 6) is 0.800. The molecule has 0 saturated carbocycles. The average molecular weight is 548 g/mol. The van der Waals surface area contributed by atoms with E-state index in [1.165, 1.54) is 45.2 Å². The van der Waals surface area contributed by atoms with Crippen molar-refractivity contribution in [2.45, 2.75) is 69.5 Å². The fourth-order valence-electron chi connectivity index (χ4n) is 8.99. The molecule has 1 aromatic heterocycles. The van der Waals surface area contributed by atoms with Crippen LogP contribution in [0.2, 0.25) is 0 Å². The van der Waals surface area contributed by atoms with Crippen molar-refractivity contribution in [2.24, 2.45) is 17.8 Å². The number of fused-ring (bicyclic) bond motifs is 9. The summed E-state index contributed by atoms with van der Waals surface area (Å²) >= 11 is 0. The van der Waals surface area contributed by atoms with Crippen LogP contribution in [0.25, 0.3) is 0 Å². The van der Waals surface area contributed by atoms with Gasteiger partial charge in [0.1, 0.15) is 0 Å². The topological polar surface area (TPSA) is 96.5 Å². The Balaban J connectivity index is 1.21. The molecule has 5 aliphatic rings. The standard InChI is InChI=1S/C31H41N5O4/c1-32(17-20-6-5-13-33-12-3-2-7-26(20)33)31(38)25-16-21-15-24(36(39)40)10-11-28(21)35-18-22-14-23(30(25)35)19-34-27(22)8-4-9-29(34)37/h4,8-11,15,20,22-23,25-26,30,36,39H,2-3,5-7,12-14,16-19H2,1H3/t20-,22?,23?,25+,26+,30-/m0/s1. The summed E-state index contributed by atoms with van der Waals surface area (Å²) in [6, 6.07) is 11.5. The number of anilines is 1. The fourth-order valence-corrected chi connectivity index (χ4v) is 8.99. The van der Waals surface area contributed by atoms with Crippen LogP contribution in [0.3, 0.4) is 0 Å². The Labute approximate surface area is 235 Å². The van der Waals surface area contributed by atoms with Crippen molar-refractivity contribution >= 4 is 17.3 Å². The molecule has 2 bridgehead atoms. The summed E-state index contributed by atoms with van der Waals surface area (Å²) in [6.07, 6.45) is 7.68. The normalized spacial score (nSPS) is 31.8. The van der Waals surface area contributed by atoms with Gasteiger partial charge in [0.25, 0.3) is 5.56 Å². The van der Waals surface area contributed by atoms with Crippen molar-refractivity contribution < 1.29 is 15.2 Å². The second kappa shape index (κ2) is 10.3. The smallest absolute Gasteiger partial charge is 0.250 e. The van der Waals surface area contributed by atoms with Crippen LogP contribution in [0.1, 0.15) is 55.7 Å². The first-order valence-electron chi connectivity index (χ1n) is 15.2. The van der Waals surface area contributed by atoms with Crippen molar-refractivity contribution in [3.8, 4) is 0 Å². The van der Waals surface area contributed by atoms with Crippen LogP contribution in [0.5, 0.6) is 0 Å². The lowest BCUT2D eigenvalue weighted by atomic mass is 9.69. The van der Waals surface area contributed by atoms with Crippen molar-refractivity contribution in [3.63, 3.8) is 0 Å². The van der Waals surface area contributed by atoms with Crippen LogP contribution in [-0.2, 0) is 17.8 Å². The maximum absolute atomic E-state index is 14.4. The highest BCUT2D eigenvalue weighted by Crippen LogP contribution is 2.48. The Hall–Kier alpha value is -2.72. The lowest BCUT2D eigenvalue weighted by molar-refractivity contribution is -0.991. The van der Waals surface area contributed by atoms with Gasteiger partial charge in [-0.2, -0.15) is 5.23 Å². The molecule has 3 fully saturated rings. The molecular formula is C31H41N5O4. The zero-order valence-electron chi connectivity index (χ0n) is 23.4. The van der Waals surface area contributed by atoms with Crippen LogP contribution in [0.4, 0.5) is 11.4 Å². The molecule has 0 aliphatic carbocycles. The summed E-state index contributed by atoms with van der Waals surface area (Å²) in [5, 5.41) is 20.6. The van der Waals surface area contributed by atoms with Crippen LogP contribution in [-0.4, -0.2) is 70.8 Å². The second-order valence-corrected chi connectivity index (χ2v) is 12.9. The summed E-state index contributed by atoms with van der Waals surface area (Å²) < 4.78 is 1.93. The third kappa shape index (κ3) is 4.38. The van der Waals surface area contributed by atoms with E-state index in [1.807, 2.05) is 28.6 Å². The van der Waals surface area contributed by atoms with Gasteiger partial charge in [0.2, 0.25) is 5.91 Å². The summed E-state index contributed by atoms with van der Waals surface area (Å²) in [4.78, 5) is 34.3. The molecule has 2 aromatic rings. The van der Waals surface area contributed by atoms with Crippen molar-refractivity contribution in [2.75, 3.05) is 38.1 Å². The minimum atomic E-state index is -0.942. The second-order valence-electron chi connectivity index (χ2n) is 12.9. The number of carbonyl (C=O) groups is 1. The number of hydrogen-bond donors (Lipinski definition) is 2. The summed E-state index contributed by atoms with van der Waals surface area (Å²) in [5.41, 5.74) is 3.38.